The van der Waals surface area contributed by atoms with Crippen molar-refractivity contribution in [2.24, 2.45) is 5.92 Å². The van der Waals surface area contributed by atoms with Gasteiger partial charge < -0.3 is 19.9 Å². The van der Waals surface area contributed by atoms with Crippen molar-refractivity contribution >= 4 is 11.9 Å². The van der Waals surface area contributed by atoms with E-state index in [2.05, 4.69) is 5.32 Å². The van der Waals surface area contributed by atoms with Crippen molar-refractivity contribution in [1.29, 1.82) is 0 Å². The molecule has 0 amide bonds. The number of hydrogen-bond donors (Lipinski definition) is 2. The van der Waals surface area contributed by atoms with Crippen LogP contribution in [-0.2, 0) is 19.1 Å². The number of aliphatic hydroxyl groups excluding tert-OH is 1. The molecule has 0 aliphatic rings. The zero-order valence-electron chi connectivity index (χ0n) is 12.3. The van der Waals surface area contributed by atoms with Gasteiger partial charge in [0.15, 0.2) is 0 Å². The number of rotatable bonds is 8. The largest absolute Gasteiger partial charge is 0.461 e. The summed E-state index contributed by atoms with van der Waals surface area (Å²) in [5, 5.41) is 12.0. The van der Waals surface area contributed by atoms with Crippen molar-refractivity contribution in [3.8, 4) is 0 Å². The highest BCUT2D eigenvalue weighted by Crippen LogP contribution is 2.00. The maximum atomic E-state index is 11.3. The topological polar surface area (TPSA) is 84.9 Å². The Hall–Kier alpha value is -1.14. The van der Waals surface area contributed by atoms with E-state index in [1.807, 2.05) is 0 Å². The molecule has 0 spiro atoms. The lowest BCUT2D eigenvalue weighted by Gasteiger charge is -2.18. The van der Waals surface area contributed by atoms with Crippen LogP contribution in [0.25, 0.3) is 0 Å². The van der Waals surface area contributed by atoms with Gasteiger partial charge in [-0.25, -0.2) is 4.79 Å². The fourth-order valence-corrected chi connectivity index (χ4v) is 1.20. The lowest BCUT2D eigenvalue weighted by atomic mass is 10.2. The smallest absolute Gasteiger partial charge is 0.334 e. The van der Waals surface area contributed by atoms with E-state index in [-0.39, 0.29) is 24.1 Å². The Kier molecular flexibility index (Phi) is 8.34. The monoisotopic (exact) mass is 275 g/mol. The SMILES string of the molecule is CC(CNCC(C)OC(=O)C(C)O)OC(=O)C(C)C. The first-order valence-corrected chi connectivity index (χ1v) is 6.53. The van der Waals surface area contributed by atoms with Crippen LogP contribution in [0.3, 0.4) is 0 Å². The van der Waals surface area contributed by atoms with Crippen LogP contribution in [0.4, 0.5) is 0 Å². The molecule has 0 aromatic heterocycles. The van der Waals surface area contributed by atoms with Gasteiger partial charge in [-0.05, 0) is 20.8 Å². The first-order valence-electron chi connectivity index (χ1n) is 6.53. The summed E-state index contributed by atoms with van der Waals surface area (Å²) in [6.45, 7) is 9.34. The van der Waals surface area contributed by atoms with Gasteiger partial charge in [-0.2, -0.15) is 0 Å². The predicted molar refractivity (Wildman–Crippen MR) is 70.5 cm³/mol. The number of hydrogen-bond acceptors (Lipinski definition) is 6. The molecule has 0 saturated carbocycles. The lowest BCUT2D eigenvalue weighted by Crippen LogP contribution is -2.36. The highest BCUT2D eigenvalue weighted by molar-refractivity contribution is 5.74. The van der Waals surface area contributed by atoms with Crippen LogP contribution in [0.2, 0.25) is 0 Å². The van der Waals surface area contributed by atoms with E-state index in [9.17, 15) is 9.59 Å². The molecule has 0 saturated heterocycles. The van der Waals surface area contributed by atoms with Gasteiger partial charge >= 0.3 is 11.9 Å². The number of nitrogens with one attached hydrogen (secondary N) is 1. The third-order valence-electron chi connectivity index (χ3n) is 2.31. The molecular formula is C13H25NO5. The zero-order valence-corrected chi connectivity index (χ0v) is 12.3. The first-order chi connectivity index (χ1) is 8.73. The van der Waals surface area contributed by atoms with Gasteiger partial charge in [0.1, 0.15) is 18.3 Å². The quantitative estimate of drug-likeness (QED) is 0.627. The molecule has 0 fully saturated rings. The number of esters is 2. The zero-order chi connectivity index (χ0) is 15.0. The minimum atomic E-state index is -1.12. The number of aliphatic hydroxyl groups is 1. The van der Waals surface area contributed by atoms with Crippen molar-refractivity contribution in [1.82, 2.24) is 5.32 Å². The van der Waals surface area contributed by atoms with Crippen LogP contribution in [0.1, 0.15) is 34.6 Å². The molecule has 112 valence electrons. The summed E-state index contributed by atoms with van der Waals surface area (Å²) in [5.41, 5.74) is 0. The highest BCUT2D eigenvalue weighted by atomic mass is 16.6. The van der Waals surface area contributed by atoms with E-state index >= 15 is 0 Å². The summed E-state index contributed by atoms with van der Waals surface area (Å²) >= 11 is 0. The van der Waals surface area contributed by atoms with E-state index in [0.717, 1.165) is 0 Å². The van der Waals surface area contributed by atoms with Crippen molar-refractivity contribution in [3.05, 3.63) is 0 Å². The van der Waals surface area contributed by atoms with Crippen molar-refractivity contribution < 1.29 is 24.2 Å². The molecule has 3 atom stereocenters. The summed E-state index contributed by atoms with van der Waals surface area (Å²) in [6.07, 6.45) is -1.71. The average Bonchev–Trinajstić information content (AvgIpc) is 2.28. The average molecular weight is 275 g/mol. The molecular weight excluding hydrogens is 250 g/mol. The molecule has 19 heavy (non-hydrogen) atoms. The third-order valence-corrected chi connectivity index (χ3v) is 2.31. The molecule has 0 heterocycles. The molecule has 0 aromatic carbocycles. The summed E-state index contributed by atoms with van der Waals surface area (Å²) in [4.78, 5) is 22.4. The Bertz CT molecular complexity index is 263. The van der Waals surface area contributed by atoms with E-state index in [1.54, 1.807) is 27.7 Å². The second kappa shape index (κ2) is 8.87. The van der Waals surface area contributed by atoms with Crippen LogP contribution in [-0.4, -0.2) is 48.4 Å². The summed E-state index contributed by atoms with van der Waals surface area (Å²) in [7, 11) is 0. The van der Waals surface area contributed by atoms with E-state index < -0.39 is 12.1 Å². The molecule has 0 bridgehead atoms. The Morgan fingerprint density at radius 3 is 1.74 bits per heavy atom. The molecule has 0 aliphatic carbocycles. The normalized spacial score (nSPS) is 15.7. The molecule has 0 aromatic rings. The van der Waals surface area contributed by atoms with Crippen LogP contribution in [0.5, 0.6) is 0 Å². The second-order valence-electron chi connectivity index (χ2n) is 4.98. The second-order valence-corrected chi connectivity index (χ2v) is 4.98. The molecule has 6 heteroatoms. The van der Waals surface area contributed by atoms with Crippen LogP contribution < -0.4 is 5.32 Å². The van der Waals surface area contributed by atoms with Gasteiger partial charge in [-0.1, -0.05) is 13.8 Å². The van der Waals surface area contributed by atoms with Gasteiger partial charge in [-0.3, -0.25) is 4.79 Å². The maximum Gasteiger partial charge on any atom is 0.334 e. The van der Waals surface area contributed by atoms with Gasteiger partial charge in [-0.15, -0.1) is 0 Å². The maximum absolute atomic E-state index is 11.3. The van der Waals surface area contributed by atoms with Crippen LogP contribution in [0.15, 0.2) is 0 Å². The van der Waals surface area contributed by atoms with Crippen LogP contribution >= 0.6 is 0 Å². The van der Waals surface area contributed by atoms with E-state index in [1.165, 1.54) is 6.92 Å². The number of ether oxygens (including phenoxy) is 2. The molecule has 0 aliphatic heterocycles. The highest BCUT2D eigenvalue weighted by Gasteiger charge is 2.16. The Morgan fingerprint density at radius 2 is 1.37 bits per heavy atom. The predicted octanol–water partition coefficient (Wildman–Crippen LogP) is 0.476. The van der Waals surface area contributed by atoms with Crippen molar-refractivity contribution in [3.63, 3.8) is 0 Å². The van der Waals surface area contributed by atoms with Gasteiger partial charge in [0.25, 0.3) is 0 Å². The Balaban J connectivity index is 3.78. The molecule has 0 rings (SSSR count). The number of carbonyl (C=O) groups excluding carboxylic acids is 2. The van der Waals surface area contributed by atoms with Crippen molar-refractivity contribution in [2.45, 2.75) is 52.9 Å². The Morgan fingerprint density at radius 1 is 0.947 bits per heavy atom. The van der Waals surface area contributed by atoms with Gasteiger partial charge in [0.05, 0.1) is 5.92 Å². The number of carbonyl (C=O) groups is 2. The molecule has 2 N–H and O–H groups in total. The fraction of sp³-hybridized carbons (Fsp3) is 0.846. The minimum absolute atomic E-state index is 0.145. The molecule has 6 nitrogen and oxygen atoms in total. The minimum Gasteiger partial charge on any atom is -0.461 e. The van der Waals surface area contributed by atoms with E-state index in [4.69, 9.17) is 14.6 Å². The third kappa shape index (κ3) is 8.56. The first kappa shape index (κ1) is 17.9. The van der Waals surface area contributed by atoms with Gasteiger partial charge in [0.2, 0.25) is 0 Å². The van der Waals surface area contributed by atoms with Crippen LogP contribution in [0, 0.1) is 5.92 Å². The van der Waals surface area contributed by atoms with Crippen molar-refractivity contribution in [2.75, 3.05) is 13.1 Å². The standard InChI is InChI=1S/C13H25NO5/c1-8(2)12(16)18-9(3)6-14-7-10(4)19-13(17)11(5)15/h8-11,14-15H,6-7H2,1-5H3. The van der Waals surface area contributed by atoms with Gasteiger partial charge in [0, 0.05) is 13.1 Å². The summed E-state index contributed by atoms with van der Waals surface area (Å²) < 4.78 is 10.1. The fourth-order valence-electron chi connectivity index (χ4n) is 1.20. The molecule has 3 unspecified atom stereocenters. The summed E-state index contributed by atoms with van der Waals surface area (Å²) in [5.74, 6) is -1.02. The summed E-state index contributed by atoms with van der Waals surface area (Å²) in [6, 6.07) is 0. The molecule has 0 radical (unpaired) electrons. The lowest BCUT2D eigenvalue weighted by molar-refractivity contribution is -0.157. The van der Waals surface area contributed by atoms with E-state index in [0.29, 0.717) is 13.1 Å². The Labute approximate surface area is 114 Å².